The van der Waals surface area contributed by atoms with Crippen LogP contribution in [0.4, 0.5) is 5.69 Å². The van der Waals surface area contributed by atoms with E-state index in [1.54, 1.807) is 55.6 Å². The van der Waals surface area contributed by atoms with Gasteiger partial charge in [0.15, 0.2) is 0 Å². The normalized spacial score (nSPS) is 11.9. The molecule has 0 saturated heterocycles. The third-order valence-corrected chi connectivity index (χ3v) is 8.11. The molecule has 9 heteroatoms. The molecule has 0 spiro atoms. The van der Waals surface area contributed by atoms with Gasteiger partial charge >= 0.3 is 0 Å². The Morgan fingerprint density at radius 3 is 2.31 bits per heavy atom. The summed E-state index contributed by atoms with van der Waals surface area (Å²) in [7, 11) is -2.53. The van der Waals surface area contributed by atoms with Crippen molar-refractivity contribution in [2.24, 2.45) is 0 Å². The zero-order valence-corrected chi connectivity index (χ0v) is 23.8. The zero-order valence-electron chi connectivity index (χ0n) is 23.0. The number of methoxy groups -OCH3 is 1. The topological polar surface area (TPSA) is 96.0 Å². The SMILES string of the molecule is CCCNC(=O)C(CC)N(Cc1cccc(OC)c1)C(=O)CN(c1cccc(C)c1)S(=O)(=O)c1ccccc1. The fraction of sp³-hybridized carbons (Fsp3) is 0.333. The van der Waals surface area contributed by atoms with E-state index in [4.69, 9.17) is 4.74 Å². The van der Waals surface area contributed by atoms with Gasteiger partial charge in [0.25, 0.3) is 10.0 Å². The van der Waals surface area contributed by atoms with E-state index in [1.165, 1.54) is 17.0 Å². The van der Waals surface area contributed by atoms with Crippen molar-refractivity contribution >= 4 is 27.5 Å². The van der Waals surface area contributed by atoms with E-state index in [0.717, 1.165) is 21.9 Å². The summed E-state index contributed by atoms with van der Waals surface area (Å²) in [6.45, 7) is 5.77. The molecule has 8 nitrogen and oxygen atoms in total. The molecule has 2 amide bonds. The molecule has 3 rings (SSSR count). The van der Waals surface area contributed by atoms with Gasteiger partial charge < -0.3 is 15.0 Å². The summed E-state index contributed by atoms with van der Waals surface area (Å²) in [6.07, 6.45) is 1.11. The number of anilines is 1. The monoisotopic (exact) mass is 551 g/mol. The minimum atomic E-state index is -4.08. The van der Waals surface area contributed by atoms with Gasteiger partial charge in [-0.15, -0.1) is 0 Å². The van der Waals surface area contributed by atoms with E-state index in [9.17, 15) is 18.0 Å². The highest BCUT2D eigenvalue weighted by Crippen LogP contribution is 2.26. The first-order valence-corrected chi connectivity index (χ1v) is 14.5. The van der Waals surface area contributed by atoms with E-state index in [1.807, 2.05) is 39.0 Å². The summed E-state index contributed by atoms with van der Waals surface area (Å²) < 4.78 is 34.1. The zero-order chi connectivity index (χ0) is 28.4. The molecule has 1 atom stereocenters. The predicted molar refractivity (Wildman–Crippen MR) is 153 cm³/mol. The number of rotatable bonds is 13. The van der Waals surface area contributed by atoms with Crippen LogP contribution in [-0.4, -0.2) is 51.4 Å². The van der Waals surface area contributed by atoms with Gasteiger partial charge in [-0.2, -0.15) is 0 Å². The number of ether oxygens (including phenoxy) is 1. The number of nitrogens with one attached hydrogen (secondary N) is 1. The molecule has 0 fully saturated rings. The lowest BCUT2D eigenvalue weighted by molar-refractivity contribution is -0.140. The maximum absolute atomic E-state index is 14.0. The second kappa shape index (κ2) is 13.8. The number of hydrogen-bond acceptors (Lipinski definition) is 5. The number of sulfonamides is 1. The molecule has 0 bridgehead atoms. The Hall–Kier alpha value is -3.85. The number of amides is 2. The molecule has 0 aromatic heterocycles. The summed E-state index contributed by atoms with van der Waals surface area (Å²) >= 11 is 0. The lowest BCUT2D eigenvalue weighted by Gasteiger charge is -2.33. The average molecular weight is 552 g/mol. The number of benzene rings is 3. The molecule has 0 heterocycles. The Labute approximate surface area is 231 Å². The minimum absolute atomic E-state index is 0.0754. The second-order valence-electron chi connectivity index (χ2n) is 9.25. The minimum Gasteiger partial charge on any atom is -0.497 e. The predicted octanol–water partition coefficient (Wildman–Crippen LogP) is 4.53. The summed E-state index contributed by atoms with van der Waals surface area (Å²) in [5.74, 6) is -0.141. The Balaban J connectivity index is 2.05. The Kier molecular flexibility index (Phi) is 10.5. The molecule has 0 aliphatic carbocycles. The van der Waals surface area contributed by atoms with E-state index in [2.05, 4.69) is 5.32 Å². The molecule has 3 aromatic carbocycles. The van der Waals surface area contributed by atoms with Crippen LogP contribution in [0.5, 0.6) is 5.75 Å². The lowest BCUT2D eigenvalue weighted by atomic mass is 10.1. The number of carbonyl (C=O) groups excluding carboxylic acids is 2. The van der Waals surface area contributed by atoms with Crippen LogP contribution in [0.1, 0.15) is 37.8 Å². The number of carbonyl (C=O) groups is 2. The standard InChI is InChI=1S/C30H37N3O5S/c1-5-18-31-30(35)28(6-2)32(21-24-13-11-15-26(20-24)38-4)29(34)22-33(25-14-10-12-23(3)19-25)39(36,37)27-16-8-7-9-17-27/h7-17,19-20,28H,5-6,18,21-22H2,1-4H3,(H,31,35). The fourth-order valence-electron chi connectivity index (χ4n) is 4.28. The average Bonchev–Trinajstić information content (AvgIpc) is 2.95. The van der Waals surface area contributed by atoms with Crippen LogP contribution in [0.25, 0.3) is 0 Å². The smallest absolute Gasteiger partial charge is 0.264 e. The van der Waals surface area contributed by atoms with Crippen molar-refractivity contribution in [2.45, 2.75) is 51.1 Å². The third-order valence-electron chi connectivity index (χ3n) is 6.32. The van der Waals surface area contributed by atoms with Gasteiger partial charge in [-0.3, -0.25) is 13.9 Å². The highest BCUT2D eigenvalue weighted by Gasteiger charge is 2.33. The van der Waals surface area contributed by atoms with Crippen molar-refractivity contribution in [2.75, 3.05) is 24.5 Å². The first-order valence-electron chi connectivity index (χ1n) is 13.1. The van der Waals surface area contributed by atoms with Crippen LogP contribution < -0.4 is 14.4 Å². The molecular weight excluding hydrogens is 514 g/mol. The van der Waals surface area contributed by atoms with Crippen molar-refractivity contribution in [3.8, 4) is 5.75 Å². The summed E-state index contributed by atoms with van der Waals surface area (Å²) in [5, 5.41) is 2.89. The van der Waals surface area contributed by atoms with Crippen LogP contribution >= 0.6 is 0 Å². The molecule has 0 radical (unpaired) electrons. The van der Waals surface area contributed by atoms with Gasteiger partial charge in [-0.25, -0.2) is 8.42 Å². The second-order valence-corrected chi connectivity index (χ2v) is 11.1. The van der Waals surface area contributed by atoms with Gasteiger partial charge in [0.1, 0.15) is 18.3 Å². The van der Waals surface area contributed by atoms with Gasteiger partial charge in [-0.05, 0) is 67.3 Å². The van der Waals surface area contributed by atoms with Crippen LogP contribution in [0.2, 0.25) is 0 Å². The highest BCUT2D eigenvalue weighted by atomic mass is 32.2. The number of aryl methyl sites for hydroxylation is 1. The maximum Gasteiger partial charge on any atom is 0.264 e. The van der Waals surface area contributed by atoms with Crippen molar-refractivity contribution < 1.29 is 22.7 Å². The van der Waals surface area contributed by atoms with Crippen LogP contribution in [0.3, 0.4) is 0 Å². The molecule has 1 N–H and O–H groups in total. The Bertz CT molecular complexity index is 1360. The third kappa shape index (κ3) is 7.60. The molecular formula is C30H37N3O5S. The van der Waals surface area contributed by atoms with Crippen molar-refractivity contribution in [3.05, 3.63) is 90.0 Å². The quantitative estimate of drug-likeness (QED) is 0.337. The van der Waals surface area contributed by atoms with Gasteiger partial charge in [0.05, 0.1) is 17.7 Å². The van der Waals surface area contributed by atoms with Crippen LogP contribution in [-0.2, 0) is 26.2 Å². The first-order chi connectivity index (χ1) is 18.7. The van der Waals surface area contributed by atoms with Crippen LogP contribution in [0.15, 0.2) is 83.8 Å². The van der Waals surface area contributed by atoms with Crippen molar-refractivity contribution in [1.82, 2.24) is 10.2 Å². The first kappa shape index (κ1) is 29.7. The van der Waals surface area contributed by atoms with E-state index in [-0.39, 0.29) is 17.3 Å². The largest absolute Gasteiger partial charge is 0.497 e. The number of hydrogen-bond donors (Lipinski definition) is 1. The van der Waals surface area contributed by atoms with Crippen molar-refractivity contribution in [3.63, 3.8) is 0 Å². The molecule has 208 valence electrons. The molecule has 1 unspecified atom stereocenters. The van der Waals surface area contributed by atoms with E-state index >= 15 is 0 Å². The maximum atomic E-state index is 14.0. The number of nitrogens with zero attached hydrogens (tertiary/aromatic N) is 2. The van der Waals surface area contributed by atoms with Crippen molar-refractivity contribution in [1.29, 1.82) is 0 Å². The molecule has 0 aliphatic rings. The van der Waals surface area contributed by atoms with Gasteiger partial charge in [0.2, 0.25) is 11.8 Å². The van der Waals surface area contributed by atoms with E-state index in [0.29, 0.717) is 24.4 Å². The summed E-state index contributed by atoms with van der Waals surface area (Å²) in [5.41, 5.74) is 1.99. The summed E-state index contributed by atoms with van der Waals surface area (Å²) in [6, 6.07) is 21.5. The lowest BCUT2D eigenvalue weighted by Crippen LogP contribution is -2.52. The molecule has 3 aromatic rings. The molecule has 0 saturated carbocycles. The molecule has 0 aliphatic heterocycles. The van der Waals surface area contributed by atoms with Crippen LogP contribution in [0, 0.1) is 6.92 Å². The Morgan fingerprint density at radius 1 is 0.949 bits per heavy atom. The van der Waals surface area contributed by atoms with E-state index < -0.39 is 28.5 Å². The van der Waals surface area contributed by atoms with Gasteiger partial charge in [0, 0.05) is 13.1 Å². The Morgan fingerprint density at radius 2 is 1.67 bits per heavy atom. The van der Waals surface area contributed by atoms with Gasteiger partial charge in [-0.1, -0.05) is 56.3 Å². The fourth-order valence-corrected chi connectivity index (χ4v) is 5.71. The molecule has 39 heavy (non-hydrogen) atoms. The highest BCUT2D eigenvalue weighted by molar-refractivity contribution is 7.92. The summed E-state index contributed by atoms with van der Waals surface area (Å²) in [4.78, 5) is 28.7.